The summed E-state index contributed by atoms with van der Waals surface area (Å²) in [7, 11) is 1.19. The molecular weight excluding hydrogens is 152 g/mol. The molecule has 0 aromatic rings. The van der Waals surface area contributed by atoms with Gasteiger partial charge in [-0.15, -0.1) is 6.58 Å². The summed E-state index contributed by atoms with van der Waals surface area (Å²) in [6.45, 7) is 8.49. The van der Waals surface area contributed by atoms with Crippen molar-refractivity contribution in [3.63, 3.8) is 0 Å². The van der Waals surface area contributed by atoms with E-state index in [9.17, 15) is 0 Å². The van der Waals surface area contributed by atoms with E-state index in [0.717, 1.165) is 9.52 Å². The largest absolute Gasteiger partial charge is 0.103 e. The van der Waals surface area contributed by atoms with Gasteiger partial charge in [-0.3, -0.25) is 0 Å². The Labute approximate surface area is 69.2 Å². The summed E-state index contributed by atoms with van der Waals surface area (Å²) in [5.74, 6) is 0. The average Bonchev–Trinajstić information content (AvgIpc) is 1.87. The van der Waals surface area contributed by atoms with Crippen LogP contribution in [0.15, 0.2) is 12.7 Å². The molecule has 0 saturated carbocycles. The van der Waals surface area contributed by atoms with Crippen molar-refractivity contribution in [3.8, 4) is 0 Å². The SMILES string of the molecule is C=CC[Si]CCC[Si](C)C. The Morgan fingerprint density at radius 3 is 2.70 bits per heavy atom. The van der Waals surface area contributed by atoms with Gasteiger partial charge in [0.25, 0.3) is 0 Å². The van der Waals surface area contributed by atoms with Crippen molar-refractivity contribution in [2.75, 3.05) is 0 Å². The van der Waals surface area contributed by atoms with Crippen LogP contribution >= 0.6 is 0 Å². The second-order valence-electron chi connectivity index (χ2n) is 2.80. The number of hydrogen-bond donors (Lipinski definition) is 0. The summed E-state index contributed by atoms with van der Waals surface area (Å²) in [4.78, 5) is 0. The molecule has 0 fully saturated rings. The van der Waals surface area contributed by atoms with Crippen LogP contribution in [0.4, 0.5) is 0 Å². The Hall–Kier alpha value is 0.174. The minimum Gasteiger partial charge on any atom is -0.103 e. The first-order chi connectivity index (χ1) is 4.77. The highest BCUT2D eigenvalue weighted by Gasteiger charge is 1.94. The highest BCUT2D eigenvalue weighted by Crippen LogP contribution is 2.01. The van der Waals surface area contributed by atoms with E-state index in [1.165, 1.54) is 24.6 Å². The van der Waals surface area contributed by atoms with Crippen LogP contribution in [0.1, 0.15) is 6.42 Å². The van der Waals surface area contributed by atoms with E-state index in [4.69, 9.17) is 0 Å². The van der Waals surface area contributed by atoms with Gasteiger partial charge in [-0.25, -0.2) is 0 Å². The lowest BCUT2D eigenvalue weighted by Crippen LogP contribution is -1.99. The lowest BCUT2D eigenvalue weighted by molar-refractivity contribution is 1.05. The minimum atomic E-state index is 0.0569. The smallest absolute Gasteiger partial charge is 0.0420 e. The molecule has 0 unspecified atom stereocenters. The zero-order valence-corrected chi connectivity index (χ0v) is 9.11. The Balaban J connectivity index is 2.83. The maximum atomic E-state index is 3.71. The molecule has 0 saturated heterocycles. The molecule has 0 spiro atoms. The van der Waals surface area contributed by atoms with E-state index < -0.39 is 0 Å². The molecule has 0 amide bonds. The molecule has 10 heavy (non-hydrogen) atoms. The van der Waals surface area contributed by atoms with Gasteiger partial charge in [0.1, 0.15) is 0 Å². The quantitative estimate of drug-likeness (QED) is 0.326. The zero-order valence-electron chi connectivity index (χ0n) is 7.11. The number of rotatable bonds is 6. The van der Waals surface area contributed by atoms with E-state index in [0.29, 0.717) is 0 Å². The van der Waals surface area contributed by atoms with Crippen LogP contribution in [0.2, 0.25) is 31.2 Å². The second kappa shape index (κ2) is 7.28. The van der Waals surface area contributed by atoms with Crippen LogP contribution in [0, 0.1) is 0 Å². The maximum Gasteiger partial charge on any atom is 0.0420 e. The first-order valence-corrected chi connectivity index (χ1v) is 8.00. The van der Waals surface area contributed by atoms with Crippen molar-refractivity contribution in [1.29, 1.82) is 0 Å². The predicted molar refractivity (Wildman–Crippen MR) is 52.5 cm³/mol. The van der Waals surface area contributed by atoms with E-state index in [-0.39, 0.29) is 8.80 Å². The Morgan fingerprint density at radius 1 is 1.50 bits per heavy atom. The molecule has 0 aliphatic carbocycles. The highest BCUT2D eigenvalue weighted by atomic mass is 28.3. The molecule has 0 nitrogen and oxygen atoms in total. The van der Waals surface area contributed by atoms with Gasteiger partial charge in [-0.2, -0.15) is 0 Å². The zero-order chi connectivity index (χ0) is 7.82. The van der Waals surface area contributed by atoms with Crippen molar-refractivity contribution >= 4 is 18.3 Å². The number of hydrogen-bond acceptors (Lipinski definition) is 0. The van der Waals surface area contributed by atoms with Crippen molar-refractivity contribution in [3.05, 3.63) is 12.7 Å². The molecule has 0 aromatic carbocycles. The summed E-state index contributed by atoms with van der Waals surface area (Å²) in [5.41, 5.74) is 0. The van der Waals surface area contributed by atoms with Crippen LogP contribution in [0.3, 0.4) is 0 Å². The molecule has 0 aliphatic rings. The summed E-state index contributed by atoms with van der Waals surface area (Å²) >= 11 is 0. The summed E-state index contributed by atoms with van der Waals surface area (Å²) in [5, 5.41) is 0. The molecule has 0 aromatic heterocycles. The second-order valence-corrected chi connectivity index (χ2v) is 7.13. The maximum absolute atomic E-state index is 3.71. The average molecular weight is 169 g/mol. The van der Waals surface area contributed by atoms with Gasteiger partial charge in [0.15, 0.2) is 0 Å². The van der Waals surface area contributed by atoms with Gasteiger partial charge in [0.2, 0.25) is 0 Å². The molecule has 0 heterocycles. The first-order valence-electron chi connectivity index (χ1n) is 3.88. The third kappa shape index (κ3) is 8.17. The number of allylic oxidation sites excluding steroid dienone is 1. The van der Waals surface area contributed by atoms with Crippen LogP contribution in [0.25, 0.3) is 0 Å². The highest BCUT2D eigenvalue weighted by molar-refractivity contribution is 6.55. The lowest BCUT2D eigenvalue weighted by Gasteiger charge is -1.99. The first kappa shape index (κ1) is 10.2. The Bertz CT molecular complexity index is 79.3. The molecule has 57 valence electrons. The Morgan fingerprint density at radius 2 is 2.20 bits per heavy atom. The third-order valence-electron chi connectivity index (χ3n) is 1.32. The topological polar surface area (TPSA) is 0 Å². The van der Waals surface area contributed by atoms with Crippen LogP contribution in [-0.2, 0) is 0 Å². The van der Waals surface area contributed by atoms with Crippen molar-refractivity contribution in [2.45, 2.75) is 37.6 Å². The molecule has 0 atom stereocenters. The van der Waals surface area contributed by atoms with E-state index in [2.05, 4.69) is 19.7 Å². The predicted octanol–water partition coefficient (Wildman–Crippen LogP) is 2.86. The third-order valence-corrected chi connectivity index (χ3v) is 3.96. The normalized spacial score (nSPS) is 10.3. The van der Waals surface area contributed by atoms with E-state index in [1.807, 2.05) is 6.08 Å². The van der Waals surface area contributed by atoms with Crippen LogP contribution in [-0.4, -0.2) is 18.3 Å². The molecule has 0 aliphatic heterocycles. The van der Waals surface area contributed by atoms with Crippen molar-refractivity contribution in [2.24, 2.45) is 0 Å². The standard InChI is InChI=1S/C8H17Si2/c1-4-6-9-7-5-8-10(2)3/h4H,1,5-8H2,2-3H3. The summed E-state index contributed by atoms with van der Waals surface area (Å²) in [6.07, 6.45) is 3.48. The molecular formula is C8H17Si2. The fraction of sp³-hybridized carbons (Fsp3) is 0.750. The Kier molecular flexibility index (Phi) is 7.41. The van der Waals surface area contributed by atoms with Gasteiger partial charge >= 0.3 is 0 Å². The van der Waals surface area contributed by atoms with Gasteiger partial charge in [0.05, 0.1) is 0 Å². The molecule has 0 N–H and O–H groups in total. The molecule has 3 radical (unpaired) electrons. The van der Waals surface area contributed by atoms with Crippen molar-refractivity contribution < 1.29 is 0 Å². The van der Waals surface area contributed by atoms with Gasteiger partial charge in [-0.05, 0) is 6.04 Å². The summed E-state index contributed by atoms with van der Waals surface area (Å²) < 4.78 is 0. The molecule has 0 rings (SSSR count). The van der Waals surface area contributed by atoms with Crippen LogP contribution < -0.4 is 0 Å². The lowest BCUT2D eigenvalue weighted by atomic mass is 10.6. The molecule has 0 bridgehead atoms. The van der Waals surface area contributed by atoms with E-state index >= 15 is 0 Å². The molecule has 2 heteroatoms. The fourth-order valence-electron chi connectivity index (χ4n) is 0.771. The fourth-order valence-corrected chi connectivity index (χ4v) is 2.84. The summed E-state index contributed by atoms with van der Waals surface area (Å²) in [6, 6.07) is 4.16. The van der Waals surface area contributed by atoms with E-state index in [1.54, 1.807) is 0 Å². The minimum absolute atomic E-state index is 0.0569. The monoisotopic (exact) mass is 169 g/mol. The van der Waals surface area contributed by atoms with Gasteiger partial charge in [-0.1, -0.05) is 37.7 Å². The van der Waals surface area contributed by atoms with Gasteiger partial charge < -0.3 is 0 Å². The van der Waals surface area contributed by atoms with Crippen molar-refractivity contribution in [1.82, 2.24) is 0 Å². The van der Waals surface area contributed by atoms with Gasteiger partial charge in [0, 0.05) is 18.3 Å². The van der Waals surface area contributed by atoms with Crippen LogP contribution in [0.5, 0.6) is 0 Å².